The Balaban J connectivity index is 1.19. The summed E-state index contributed by atoms with van der Waals surface area (Å²) in [6.45, 7) is 4.05. The Hall–Kier alpha value is -3.77. The summed E-state index contributed by atoms with van der Waals surface area (Å²) in [7, 11) is -3.17. The van der Waals surface area contributed by atoms with Gasteiger partial charge in [0.25, 0.3) is 0 Å². The molecule has 0 bridgehead atoms. The van der Waals surface area contributed by atoms with Gasteiger partial charge in [-0.25, -0.2) is 8.42 Å². The fourth-order valence-electron chi connectivity index (χ4n) is 7.34. The lowest BCUT2D eigenvalue weighted by atomic mass is 9.85. The molecule has 8 nitrogen and oxygen atoms in total. The topological polar surface area (TPSA) is 119 Å². The Bertz CT molecular complexity index is 1800. The van der Waals surface area contributed by atoms with Gasteiger partial charge in [-0.05, 0) is 110 Å². The van der Waals surface area contributed by atoms with Crippen molar-refractivity contribution in [1.82, 2.24) is 0 Å². The van der Waals surface area contributed by atoms with Crippen LogP contribution in [0.15, 0.2) is 42.5 Å². The number of fused-ring (bicyclic) bond motifs is 2. The zero-order chi connectivity index (χ0) is 34.4. The van der Waals surface area contributed by atoms with Crippen LogP contribution in [0.5, 0.6) is 17.2 Å². The summed E-state index contributed by atoms with van der Waals surface area (Å²) in [6, 6.07) is 11.5. The van der Waals surface area contributed by atoms with Crippen LogP contribution in [0.1, 0.15) is 77.3 Å². The van der Waals surface area contributed by atoms with Crippen LogP contribution in [0.3, 0.4) is 0 Å². The van der Waals surface area contributed by atoms with Crippen molar-refractivity contribution in [3.63, 3.8) is 0 Å². The number of hydrogen-bond donors (Lipinski definition) is 2. The van der Waals surface area contributed by atoms with Crippen LogP contribution in [-0.4, -0.2) is 61.5 Å². The van der Waals surface area contributed by atoms with Gasteiger partial charge in [0.15, 0.2) is 9.84 Å². The number of carbonyl (C=O) groups is 1. The first-order valence-corrected chi connectivity index (χ1v) is 18.0. The number of halogens is 3. The van der Waals surface area contributed by atoms with Crippen LogP contribution in [0, 0.1) is 13.8 Å². The molecule has 1 saturated heterocycles. The molecule has 2 unspecified atom stereocenters. The third-order valence-electron chi connectivity index (χ3n) is 9.88. The molecule has 2 N–H and O–H groups in total. The van der Waals surface area contributed by atoms with E-state index >= 15 is 0 Å². The van der Waals surface area contributed by atoms with Crippen molar-refractivity contribution in [2.45, 2.75) is 76.0 Å². The van der Waals surface area contributed by atoms with Gasteiger partial charge in [0.1, 0.15) is 29.5 Å². The van der Waals surface area contributed by atoms with Crippen LogP contribution >= 0.6 is 0 Å². The highest BCUT2D eigenvalue weighted by Crippen LogP contribution is 2.48. The van der Waals surface area contributed by atoms with Crippen LogP contribution in [0.4, 0.5) is 13.2 Å². The highest BCUT2D eigenvalue weighted by molar-refractivity contribution is 7.91. The quantitative estimate of drug-likeness (QED) is 0.240. The molecule has 2 heterocycles. The number of alkyl halides is 3. The number of benzene rings is 3. The van der Waals surface area contributed by atoms with Crippen molar-refractivity contribution in [3.05, 3.63) is 75.8 Å². The first-order valence-electron chi connectivity index (χ1n) is 16.1. The van der Waals surface area contributed by atoms with Gasteiger partial charge in [0, 0.05) is 17.5 Å². The number of hydrogen-bond acceptors (Lipinski definition) is 7. The Morgan fingerprint density at radius 3 is 2.31 bits per heavy atom. The molecule has 3 aromatic rings. The fourth-order valence-corrected chi connectivity index (χ4v) is 8.92. The molecule has 0 saturated carbocycles. The molecule has 1 fully saturated rings. The Morgan fingerprint density at radius 2 is 1.65 bits per heavy atom. The lowest BCUT2D eigenvalue weighted by molar-refractivity contribution is -0.138. The van der Waals surface area contributed by atoms with Gasteiger partial charge >= 0.3 is 12.1 Å². The minimum atomic E-state index is -4.57. The molecule has 2 aliphatic heterocycles. The standard InChI is InChI=1S/C36H39F3O8S/c1-21-15-26(47-20-35(42)10-13-48(43,44)14-11-35)16-22(2)33(21)34-29-5-3-23(27(29)7-8-30(34)36(37,38)39)9-12-45-25-4-6-28-24(17-32(40)41)19-46-31(28)18-25/h4,6-8,15-16,18,23-24,42H,3,5,9-14,17,19-20H2,1-2H3,(H,40,41). The lowest BCUT2D eigenvalue weighted by Crippen LogP contribution is -2.43. The van der Waals surface area contributed by atoms with E-state index in [1.54, 1.807) is 44.2 Å². The minimum Gasteiger partial charge on any atom is -0.493 e. The number of aliphatic hydroxyl groups is 1. The summed E-state index contributed by atoms with van der Waals surface area (Å²) in [5, 5.41) is 20.0. The number of carboxylic acids is 1. The van der Waals surface area contributed by atoms with E-state index in [1.807, 2.05) is 6.07 Å². The number of ether oxygens (including phenoxy) is 3. The maximum Gasteiger partial charge on any atom is 0.417 e. The summed E-state index contributed by atoms with van der Waals surface area (Å²) in [6.07, 6.45) is -2.66. The minimum absolute atomic E-state index is 0.00919. The van der Waals surface area contributed by atoms with Crippen molar-refractivity contribution in [1.29, 1.82) is 0 Å². The van der Waals surface area contributed by atoms with Crippen molar-refractivity contribution < 1.29 is 50.8 Å². The number of aryl methyl sites for hydroxylation is 2. The van der Waals surface area contributed by atoms with Gasteiger partial charge in [0.05, 0.1) is 36.7 Å². The summed E-state index contributed by atoms with van der Waals surface area (Å²) < 4.78 is 84.6. The third-order valence-corrected chi connectivity index (χ3v) is 11.5. The summed E-state index contributed by atoms with van der Waals surface area (Å²) in [5.41, 5.74) is 2.34. The normalized spacial score (nSPS) is 20.9. The Labute approximate surface area is 277 Å². The van der Waals surface area contributed by atoms with Gasteiger partial charge in [-0.1, -0.05) is 12.1 Å². The maximum atomic E-state index is 14.5. The molecule has 0 radical (unpaired) electrons. The molecule has 0 spiro atoms. The second-order valence-electron chi connectivity index (χ2n) is 13.3. The van der Waals surface area contributed by atoms with Gasteiger partial charge in [-0.3, -0.25) is 4.79 Å². The monoisotopic (exact) mass is 688 g/mol. The molecule has 258 valence electrons. The molecule has 6 rings (SSSR count). The first kappa shape index (κ1) is 34.1. The average molecular weight is 689 g/mol. The van der Waals surface area contributed by atoms with E-state index < -0.39 is 33.1 Å². The van der Waals surface area contributed by atoms with E-state index in [1.165, 1.54) is 6.07 Å². The zero-order valence-corrected chi connectivity index (χ0v) is 27.7. The van der Waals surface area contributed by atoms with E-state index in [0.29, 0.717) is 72.0 Å². The smallest absolute Gasteiger partial charge is 0.417 e. The molecule has 12 heteroatoms. The van der Waals surface area contributed by atoms with E-state index in [0.717, 1.165) is 11.1 Å². The van der Waals surface area contributed by atoms with Crippen LogP contribution in [0.25, 0.3) is 11.1 Å². The molecule has 2 atom stereocenters. The van der Waals surface area contributed by atoms with E-state index in [2.05, 4.69) is 0 Å². The fraction of sp³-hybridized carbons (Fsp3) is 0.472. The molecule has 3 aromatic carbocycles. The van der Waals surface area contributed by atoms with E-state index in [9.17, 15) is 31.5 Å². The Morgan fingerprint density at radius 1 is 0.958 bits per heavy atom. The van der Waals surface area contributed by atoms with Crippen LogP contribution < -0.4 is 14.2 Å². The summed E-state index contributed by atoms with van der Waals surface area (Å²) >= 11 is 0. The Kier molecular flexibility index (Phi) is 9.18. The van der Waals surface area contributed by atoms with Gasteiger partial charge < -0.3 is 24.4 Å². The van der Waals surface area contributed by atoms with Crippen LogP contribution in [0.2, 0.25) is 0 Å². The predicted molar refractivity (Wildman–Crippen MR) is 173 cm³/mol. The number of rotatable bonds is 10. The maximum absolute atomic E-state index is 14.5. The van der Waals surface area contributed by atoms with Gasteiger partial charge in [-0.2, -0.15) is 13.2 Å². The van der Waals surface area contributed by atoms with Crippen molar-refractivity contribution in [2.75, 3.05) is 31.3 Å². The largest absolute Gasteiger partial charge is 0.493 e. The van der Waals surface area contributed by atoms with Gasteiger partial charge in [0.2, 0.25) is 0 Å². The highest BCUT2D eigenvalue weighted by atomic mass is 32.2. The summed E-state index contributed by atoms with van der Waals surface area (Å²) in [4.78, 5) is 11.1. The zero-order valence-electron chi connectivity index (χ0n) is 26.9. The third kappa shape index (κ3) is 7.15. The molecule has 48 heavy (non-hydrogen) atoms. The number of carboxylic acid groups (broad SMARTS) is 1. The molecule has 1 aliphatic carbocycles. The SMILES string of the molecule is Cc1cc(OCC2(O)CCS(=O)(=O)CC2)cc(C)c1-c1c(C(F)(F)F)ccc2c1CCC2CCOc1ccc2c(c1)OCC2CC(=O)O. The molecule has 0 amide bonds. The van der Waals surface area contributed by atoms with Crippen LogP contribution in [-0.2, 0) is 27.2 Å². The molecular formula is C36H39F3O8S. The van der Waals surface area contributed by atoms with E-state index in [4.69, 9.17) is 19.3 Å². The van der Waals surface area contributed by atoms with Gasteiger partial charge in [-0.15, -0.1) is 0 Å². The molecular weight excluding hydrogens is 649 g/mol. The second kappa shape index (κ2) is 12.9. The van der Waals surface area contributed by atoms with E-state index in [-0.39, 0.29) is 54.8 Å². The lowest BCUT2D eigenvalue weighted by Gasteiger charge is -2.31. The molecule has 3 aliphatic rings. The average Bonchev–Trinajstić information content (AvgIpc) is 3.60. The first-order chi connectivity index (χ1) is 22.6. The highest BCUT2D eigenvalue weighted by Gasteiger charge is 2.39. The predicted octanol–water partition coefficient (Wildman–Crippen LogP) is 6.76. The number of aliphatic carboxylic acids is 1. The van der Waals surface area contributed by atoms with Crippen molar-refractivity contribution >= 4 is 15.8 Å². The molecule has 0 aromatic heterocycles. The second-order valence-corrected chi connectivity index (χ2v) is 15.6. The number of sulfone groups is 1. The van der Waals surface area contributed by atoms with Crippen molar-refractivity contribution in [3.8, 4) is 28.4 Å². The van der Waals surface area contributed by atoms with Crippen molar-refractivity contribution in [2.24, 2.45) is 0 Å². The summed E-state index contributed by atoms with van der Waals surface area (Å²) in [5.74, 6) is 0.290.